The molecular weight excluding hydrogens is 252 g/mol. The topological polar surface area (TPSA) is 79.3 Å². The summed E-state index contributed by atoms with van der Waals surface area (Å²) in [5.41, 5.74) is 0. The molecule has 1 aromatic rings. The highest BCUT2D eigenvalue weighted by molar-refractivity contribution is 7.13. The Hall–Kier alpha value is -1.43. The third-order valence-corrected chi connectivity index (χ3v) is 3.34. The lowest BCUT2D eigenvalue weighted by Crippen LogP contribution is -2.18. The van der Waals surface area contributed by atoms with Crippen molar-refractivity contribution in [2.75, 3.05) is 5.32 Å². The molecule has 0 saturated heterocycles. The van der Waals surface area contributed by atoms with Gasteiger partial charge in [0.1, 0.15) is 0 Å². The van der Waals surface area contributed by atoms with Crippen LogP contribution in [0.2, 0.25) is 0 Å². The predicted molar refractivity (Wildman–Crippen MR) is 70.6 cm³/mol. The fourth-order valence-electron chi connectivity index (χ4n) is 1.61. The number of unbranched alkanes of at least 4 members (excludes halogenated alkanes) is 1. The number of hydrogen-bond donors (Lipinski definition) is 2. The van der Waals surface area contributed by atoms with Crippen molar-refractivity contribution in [3.05, 3.63) is 11.6 Å². The van der Waals surface area contributed by atoms with Crippen LogP contribution >= 0.6 is 11.3 Å². The second-order valence-corrected chi connectivity index (χ2v) is 5.00. The number of nitrogens with zero attached hydrogens (tertiary/aromatic N) is 1. The second kappa shape index (κ2) is 7.81. The van der Waals surface area contributed by atoms with Crippen molar-refractivity contribution < 1.29 is 14.7 Å². The molecular formula is C12H18N2O3S. The smallest absolute Gasteiger partial charge is 0.306 e. The zero-order valence-electron chi connectivity index (χ0n) is 10.4. The Morgan fingerprint density at radius 1 is 1.50 bits per heavy atom. The van der Waals surface area contributed by atoms with Crippen LogP contribution < -0.4 is 5.32 Å². The van der Waals surface area contributed by atoms with Crippen LogP contribution in [0.4, 0.5) is 5.13 Å². The standard InChI is InChI=1S/C12H18N2O3S/c1-2-3-4-9(11(16)17)5-6-10(15)14-12-13-7-8-18-12/h7-9H,2-6H2,1H3,(H,16,17)(H,13,14,15)/t9-/m0/s1. The van der Waals surface area contributed by atoms with Gasteiger partial charge in [-0.25, -0.2) is 4.98 Å². The molecule has 1 aromatic heterocycles. The second-order valence-electron chi connectivity index (χ2n) is 4.10. The number of thiazole rings is 1. The number of carboxylic acids is 1. The molecule has 0 unspecified atom stereocenters. The number of nitrogens with one attached hydrogen (secondary N) is 1. The predicted octanol–water partition coefficient (Wildman–Crippen LogP) is 2.75. The van der Waals surface area contributed by atoms with E-state index in [-0.39, 0.29) is 12.3 Å². The van der Waals surface area contributed by atoms with Gasteiger partial charge in [0.25, 0.3) is 0 Å². The first-order valence-electron chi connectivity index (χ1n) is 6.05. The van der Waals surface area contributed by atoms with Gasteiger partial charge in [-0.05, 0) is 12.8 Å². The van der Waals surface area contributed by atoms with Crippen molar-refractivity contribution in [3.8, 4) is 0 Å². The van der Waals surface area contributed by atoms with Gasteiger partial charge in [-0.2, -0.15) is 0 Å². The summed E-state index contributed by atoms with van der Waals surface area (Å²) in [6, 6.07) is 0. The van der Waals surface area contributed by atoms with Crippen LogP contribution in [0.5, 0.6) is 0 Å². The lowest BCUT2D eigenvalue weighted by molar-refractivity contribution is -0.142. The molecule has 1 atom stereocenters. The SMILES string of the molecule is CCCC[C@@H](CCC(=O)Nc1nccs1)C(=O)O. The Kier molecular flexibility index (Phi) is 6.35. The molecule has 2 N–H and O–H groups in total. The fourth-order valence-corrected chi connectivity index (χ4v) is 2.16. The van der Waals surface area contributed by atoms with Gasteiger partial charge >= 0.3 is 5.97 Å². The maximum absolute atomic E-state index is 11.6. The number of aliphatic carboxylic acids is 1. The van der Waals surface area contributed by atoms with E-state index in [1.54, 1.807) is 11.6 Å². The number of hydrogen-bond acceptors (Lipinski definition) is 4. The van der Waals surface area contributed by atoms with E-state index in [1.807, 2.05) is 6.92 Å². The Bertz CT molecular complexity index is 379. The van der Waals surface area contributed by atoms with Gasteiger partial charge < -0.3 is 10.4 Å². The maximum Gasteiger partial charge on any atom is 0.306 e. The number of amides is 1. The van der Waals surface area contributed by atoms with E-state index in [4.69, 9.17) is 5.11 Å². The minimum absolute atomic E-state index is 0.173. The molecule has 100 valence electrons. The summed E-state index contributed by atoms with van der Waals surface area (Å²) in [5, 5.41) is 14.0. The van der Waals surface area contributed by atoms with Gasteiger partial charge in [-0.3, -0.25) is 9.59 Å². The molecule has 1 rings (SSSR count). The minimum atomic E-state index is -0.814. The van der Waals surface area contributed by atoms with Crippen LogP contribution in [0.25, 0.3) is 0 Å². The number of carbonyl (C=O) groups is 2. The van der Waals surface area contributed by atoms with Crippen LogP contribution in [0.15, 0.2) is 11.6 Å². The van der Waals surface area contributed by atoms with Crippen LogP contribution in [0.1, 0.15) is 39.0 Å². The molecule has 1 amide bonds. The van der Waals surface area contributed by atoms with Crippen molar-refractivity contribution in [2.24, 2.45) is 5.92 Å². The van der Waals surface area contributed by atoms with Crippen molar-refractivity contribution >= 4 is 28.3 Å². The van der Waals surface area contributed by atoms with Crippen LogP contribution in [0, 0.1) is 5.92 Å². The van der Waals surface area contributed by atoms with E-state index >= 15 is 0 Å². The Balaban J connectivity index is 2.32. The van der Waals surface area contributed by atoms with Crippen LogP contribution in [-0.2, 0) is 9.59 Å². The number of rotatable bonds is 8. The lowest BCUT2D eigenvalue weighted by Gasteiger charge is -2.10. The number of anilines is 1. The summed E-state index contributed by atoms with van der Waals surface area (Å²) in [5.74, 6) is -1.41. The van der Waals surface area contributed by atoms with Crippen LogP contribution in [0.3, 0.4) is 0 Å². The van der Waals surface area contributed by atoms with Gasteiger partial charge in [0.15, 0.2) is 5.13 Å². The molecule has 0 aliphatic rings. The Labute approximate surface area is 110 Å². The van der Waals surface area contributed by atoms with Crippen molar-refractivity contribution in [2.45, 2.75) is 39.0 Å². The monoisotopic (exact) mass is 270 g/mol. The molecule has 0 aromatic carbocycles. The third kappa shape index (κ3) is 5.27. The Morgan fingerprint density at radius 2 is 2.28 bits per heavy atom. The molecule has 0 spiro atoms. The van der Waals surface area contributed by atoms with Crippen molar-refractivity contribution in [1.82, 2.24) is 4.98 Å². The third-order valence-electron chi connectivity index (χ3n) is 2.65. The van der Waals surface area contributed by atoms with Gasteiger partial charge in [0.05, 0.1) is 5.92 Å². The van der Waals surface area contributed by atoms with Gasteiger partial charge in [-0.15, -0.1) is 11.3 Å². The summed E-state index contributed by atoms with van der Waals surface area (Å²) < 4.78 is 0. The highest BCUT2D eigenvalue weighted by Gasteiger charge is 2.18. The highest BCUT2D eigenvalue weighted by atomic mass is 32.1. The lowest BCUT2D eigenvalue weighted by atomic mass is 9.97. The van der Waals surface area contributed by atoms with E-state index in [9.17, 15) is 9.59 Å². The van der Waals surface area contributed by atoms with E-state index < -0.39 is 11.9 Å². The molecule has 0 fully saturated rings. The fraction of sp³-hybridized carbons (Fsp3) is 0.583. The van der Waals surface area contributed by atoms with Crippen molar-refractivity contribution in [1.29, 1.82) is 0 Å². The van der Waals surface area contributed by atoms with Crippen LogP contribution in [-0.4, -0.2) is 22.0 Å². The van der Waals surface area contributed by atoms with E-state index in [0.717, 1.165) is 12.8 Å². The zero-order chi connectivity index (χ0) is 13.4. The normalized spacial score (nSPS) is 12.1. The summed E-state index contributed by atoms with van der Waals surface area (Å²) >= 11 is 1.35. The maximum atomic E-state index is 11.6. The quantitative estimate of drug-likeness (QED) is 0.761. The molecule has 0 aliphatic heterocycles. The first-order chi connectivity index (χ1) is 8.63. The van der Waals surface area contributed by atoms with E-state index in [0.29, 0.717) is 18.0 Å². The summed E-state index contributed by atoms with van der Waals surface area (Å²) in [6.45, 7) is 2.02. The van der Waals surface area contributed by atoms with Gasteiger partial charge in [-0.1, -0.05) is 19.8 Å². The van der Waals surface area contributed by atoms with E-state index in [2.05, 4.69) is 10.3 Å². The number of carbonyl (C=O) groups excluding carboxylic acids is 1. The first-order valence-corrected chi connectivity index (χ1v) is 6.93. The summed E-state index contributed by atoms with van der Waals surface area (Å²) in [6.07, 6.45) is 4.70. The van der Waals surface area contributed by atoms with Crippen molar-refractivity contribution in [3.63, 3.8) is 0 Å². The number of carboxylic acid groups (broad SMARTS) is 1. The highest BCUT2D eigenvalue weighted by Crippen LogP contribution is 2.17. The zero-order valence-corrected chi connectivity index (χ0v) is 11.2. The van der Waals surface area contributed by atoms with Gasteiger partial charge in [0, 0.05) is 18.0 Å². The molecule has 5 nitrogen and oxygen atoms in total. The van der Waals surface area contributed by atoms with Gasteiger partial charge in [0.2, 0.25) is 5.91 Å². The molecule has 1 heterocycles. The summed E-state index contributed by atoms with van der Waals surface area (Å²) in [4.78, 5) is 26.5. The summed E-state index contributed by atoms with van der Waals surface area (Å²) in [7, 11) is 0. The molecule has 6 heteroatoms. The first kappa shape index (κ1) is 14.6. The molecule has 0 bridgehead atoms. The minimum Gasteiger partial charge on any atom is -0.481 e. The Morgan fingerprint density at radius 3 is 2.83 bits per heavy atom. The van der Waals surface area contributed by atoms with E-state index in [1.165, 1.54) is 11.3 Å². The molecule has 0 radical (unpaired) electrons. The average Bonchev–Trinajstić information content (AvgIpc) is 2.81. The average molecular weight is 270 g/mol. The molecule has 0 aliphatic carbocycles. The molecule has 18 heavy (non-hydrogen) atoms. The number of aromatic nitrogens is 1. The molecule has 0 saturated carbocycles. The largest absolute Gasteiger partial charge is 0.481 e.